The minimum absolute atomic E-state index is 0.128. The largest absolute Gasteiger partial charge is 0.481 e. The highest BCUT2D eigenvalue weighted by molar-refractivity contribution is 5.85. The van der Waals surface area contributed by atoms with Gasteiger partial charge in [-0.15, -0.1) is 0 Å². The van der Waals surface area contributed by atoms with Crippen LogP contribution in [0, 0.1) is 11.3 Å². The van der Waals surface area contributed by atoms with Crippen LogP contribution in [-0.2, 0) is 14.3 Å². The molecule has 1 saturated heterocycles. The number of carboxylic acid groups (broad SMARTS) is 1. The number of ether oxygens (including phenoxy) is 1. The van der Waals surface area contributed by atoms with Crippen molar-refractivity contribution in [2.75, 3.05) is 26.3 Å². The van der Waals surface area contributed by atoms with Crippen molar-refractivity contribution < 1.29 is 19.4 Å². The summed E-state index contributed by atoms with van der Waals surface area (Å²) in [5.74, 6) is -1.36. The molecule has 3 rings (SSSR count). The summed E-state index contributed by atoms with van der Waals surface area (Å²) in [6, 6.07) is 9.70. The third kappa shape index (κ3) is 3.56. The highest BCUT2D eigenvalue weighted by Gasteiger charge is 2.49. The number of rotatable bonds is 7. The fourth-order valence-electron chi connectivity index (χ4n) is 4.18. The molecule has 1 aliphatic heterocycles. The normalized spacial score (nSPS) is 24.8. The van der Waals surface area contributed by atoms with Crippen LogP contribution in [0.5, 0.6) is 0 Å². The molecule has 1 heterocycles. The van der Waals surface area contributed by atoms with Crippen molar-refractivity contribution in [1.29, 1.82) is 0 Å². The van der Waals surface area contributed by atoms with Crippen molar-refractivity contribution in [2.24, 2.45) is 11.3 Å². The summed E-state index contributed by atoms with van der Waals surface area (Å²) in [7, 11) is 0. The standard InChI is InChI=1S/C20H27NO4/c1-2-25-12-11-20(9-6-10-20)19(24)21-13-16(17(14-21)18(22)23)15-7-4-3-5-8-15/h3-5,7-8,16-17H,2,6,9-14H2,1H3,(H,22,23). The predicted octanol–water partition coefficient (Wildman–Crippen LogP) is 2.91. The second kappa shape index (κ2) is 7.56. The maximum absolute atomic E-state index is 13.2. The lowest BCUT2D eigenvalue weighted by molar-refractivity contribution is -0.149. The van der Waals surface area contributed by atoms with Gasteiger partial charge in [0.25, 0.3) is 0 Å². The smallest absolute Gasteiger partial charge is 0.308 e. The van der Waals surface area contributed by atoms with E-state index in [4.69, 9.17) is 4.74 Å². The number of carbonyl (C=O) groups excluding carboxylic acids is 1. The van der Waals surface area contributed by atoms with Crippen LogP contribution in [-0.4, -0.2) is 48.2 Å². The van der Waals surface area contributed by atoms with Crippen LogP contribution in [0.3, 0.4) is 0 Å². The third-order valence-electron chi connectivity index (χ3n) is 5.85. The lowest BCUT2D eigenvalue weighted by atomic mass is 9.66. The number of likely N-dealkylation sites (tertiary alicyclic amines) is 1. The summed E-state index contributed by atoms with van der Waals surface area (Å²) in [5.41, 5.74) is 0.672. The van der Waals surface area contributed by atoms with Crippen molar-refractivity contribution in [3.63, 3.8) is 0 Å². The van der Waals surface area contributed by atoms with Crippen molar-refractivity contribution in [3.05, 3.63) is 35.9 Å². The predicted molar refractivity (Wildman–Crippen MR) is 94.3 cm³/mol. The summed E-state index contributed by atoms with van der Waals surface area (Å²) in [5, 5.41) is 9.63. The van der Waals surface area contributed by atoms with E-state index in [1.54, 1.807) is 4.90 Å². The Balaban J connectivity index is 1.74. The van der Waals surface area contributed by atoms with Gasteiger partial charge >= 0.3 is 5.97 Å². The van der Waals surface area contributed by atoms with E-state index in [1.165, 1.54) is 0 Å². The topological polar surface area (TPSA) is 66.8 Å². The molecule has 1 N–H and O–H groups in total. The molecular weight excluding hydrogens is 318 g/mol. The average Bonchev–Trinajstić information content (AvgIpc) is 3.03. The summed E-state index contributed by atoms with van der Waals surface area (Å²) < 4.78 is 5.46. The van der Waals surface area contributed by atoms with Gasteiger partial charge in [0.15, 0.2) is 0 Å². The van der Waals surface area contributed by atoms with Gasteiger partial charge in [0.05, 0.1) is 11.3 Å². The molecule has 2 fully saturated rings. The number of hydrogen-bond donors (Lipinski definition) is 1. The zero-order valence-electron chi connectivity index (χ0n) is 14.8. The van der Waals surface area contributed by atoms with Gasteiger partial charge in [-0.05, 0) is 31.7 Å². The van der Waals surface area contributed by atoms with E-state index in [9.17, 15) is 14.7 Å². The highest BCUT2D eigenvalue weighted by Crippen LogP contribution is 2.47. The molecule has 0 radical (unpaired) electrons. The van der Waals surface area contributed by atoms with Gasteiger partial charge in [-0.1, -0.05) is 36.8 Å². The van der Waals surface area contributed by atoms with Gasteiger partial charge in [-0.2, -0.15) is 0 Å². The maximum atomic E-state index is 13.2. The molecule has 2 atom stereocenters. The SMILES string of the molecule is CCOCCC1(C(=O)N2CC(C(=O)O)C(c3ccccc3)C2)CCC1. The minimum atomic E-state index is -0.818. The van der Waals surface area contributed by atoms with Crippen LogP contribution in [0.2, 0.25) is 0 Å². The lowest BCUT2D eigenvalue weighted by Crippen LogP contribution is -2.48. The molecule has 0 aromatic heterocycles. The van der Waals surface area contributed by atoms with Crippen molar-refractivity contribution in [3.8, 4) is 0 Å². The van der Waals surface area contributed by atoms with E-state index < -0.39 is 11.9 Å². The van der Waals surface area contributed by atoms with Crippen molar-refractivity contribution in [2.45, 2.75) is 38.5 Å². The van der Waals surface area contributed by atoms with Gasteiger partial charge in [-0.3, -0.25) is 9.59 Å². The minimum Gasteiger partial charge on any atom is -0.481 e. The second-order valence-corrected chi connectivity index (χ2v) is 7.25. The molecule has 1 saturated carbocycles. The first-order chi connectivity index (χ1) is 12.1. The molecule has 2 aliphatic rings. The third-order valence-corrected chi connectivity index (χ3v) is 5.85. The van der Waals surface area contributed by atoms with E-state index in [-0.39, 0.29) is 17.2 Å². The molecule has 25 heavy (non-hydrogen) atoms. The van der Waals surface area contributed by atoms with E-state index >= 15 is 0 Å². The monoisotopic (exact) mass is 345 g/mol. The fourth-order valence-corrected chi connectivity index (χ4v) is 4.18. The summed E-state index contributed by atoms with van der Waals surface area (Å²) in [6.07, 6.45) is 3.59. The van der Waals surface area contributed by atoms with Gasteiger partial charge in [0.1, 0.15) is 0 Å². The Kier molecular flexibility index (Phi) is 5.42. The fraction of sp³-hybridized carbons (Fsp3) is 0.600. The molecule has 1 aliphatic carbocycles. The lowest BCUT2D eigenvalue weighted by Gasteiger charge is -2.42. The Hall–Kier alpha value is -1.88. The Morgan fingerprint density at radius 2 is 1.96 bits per heavy atom. The number of aliphatic carboxylic acids is 1. The molecule has 1 aromatic carbocycles. The molecule has 136 valence electrons. The number of nitrogens with zero attached hydrogens (tertiary/aromatic N) is 1. The van der Waals surface area contributed by atoms with Crippen LogP contribution in [0.1, 0.15) is 44.1 Å². The zero-order chi connectivity index (χ0) is 17.9. The van der Waals surface area contributed by atoms with E-state index in [1.807, 2.05) is 37.3 Å². The Bertz CT molecular complexity index is 611. The summed E-state index contributed by atoms with van der Waals surface area (Å²) >= 11 is 0. The molecule has 1 amide bonds. The van der Waals surface area contributed by atoms with Gasteiger partial charge in [0.2, 0.25) is 5.91 Å². The number of amides is 1. The second-order valence-electron chi connectivity index (χ2n) is 7.25. The van der Waals surface area contributed by atoms with Crippen molar-refractivity contribution >= 4 is 11.9 Å². The number of carbonyl (C=O) groups is 2. The van der Waals surface area contributed by atoms with Crippen LogP contribution in [0.25, 0.3) is 0 Å². The van der Waals surface area contributed by atoms with Crippen LogP contribution >= 0.6 is 0 Å². The van der Waals surface area contributed by atoms with E-state index in [0.717, 1.165) is 31.2 Å². The number of hydrogen-bond acceptors (Lipinski definition) is 3. The maximum Gasteiger partial charge on any atom is 0.308 e. The molecule has 1 aromatic rings. The highest BCUT2D eigenvalue weighted by atomic mass is 16.5. The Morgan fingerprint density at radius 1 is 1.24 bits per heavy atom. The molecule has 0 bridgehead atoms. The number of benzene rings is 1. The molecule has 2 unspecified atom stereocenters. The molecule has 5 nitrogen and oxygen atoms in total. The summed E-state index contributed by atoms with van der Waals surface area (Å²) in [6.45, 7) is 4.02. The van der Waals surface area contributed by atoms with Crippen molar-refractivity contribution in [1.82, 2.24) is 4.90 Å². The first-order valence-corrected chi connectivity index (χ1v) is 9.22. The van der Waals surface area contributed by atoms with Crippen LogP contribution < -0.4 is 0 Å². The first kappa shape index (κ1) is 17.9. The summed E-state index contributed by atoms with van der Waals surface area (Å²) in [4.78, 5) is 26.7. The molecule has 0 spiro atoms. The van der Waals surface area contributed by atoms with Gasteiger partial charge in [-0.25, -0.2) is 0 Å². The van der Waals surface area contributed by atoms with Crippen LogP contribution in [0.15, 0.2) is 30.3 Å². The van der Waals surface area contributed by atoms with Gasteiger partial charge < -0.3 is 14.7 Å². The Morgan fingerprint density at radius 3 is 2.52 bits per heavy atom. The van der Waals surface area contributed by atoms with E-state index in [2.05, 4.69) is 0 Å². The van der Waals surface area contributed by atoms with E-state index in [0.29, 0.717) is 26.3 Å². The molecular formula is C20H27NO4. The number of carboxylic acids is 1. The first-order valence-electron chi connectivity index (χ1n) is 9.22. The quantitative estimate of drug-likeness (QED) is 0.772. The van der Waals surface area contributed by atoms with Crippen LogP contribution in [0.4, 0.5) is 0 Å². The molecule has 5 heteroatoms. The average molecular weight is 345 g/mol. The zero-order valence-corrected chi connectivity index (χ0v) is 14.8. The van der Waals surface area contributed by atoms with Gasteiger partial charge in [0, 0.05) is 32.2 Å². The Labute approximate surface area is 149 Å².